The van der Waals surface area contributed by atoms with Gasteiger partial charge in [0.15, 0.2) is 0 Å². The molecule has 6 nitrogen and oxygen atoms in total. The van der Waals surface area contributed by atoms with E-state index in [1.165, 1.54) is 12.2 Å². The Balaban J connectivity index is -0.000000277. The Labute approximate surface area is 128 Å². The van der Waals surface area contributed by atoms with E-state index in [4.69, 9.17) is 9.84 Å². The molecule has 0 aromatic carbocycles. The predicted octanol–water partition coefficient (Wildman–Crippen LogP) is 1.02. The van der Waals surface area contributed by atoms with Gasteiger partial charge in [-0.15, -0.1) is 0 Å². The second-order valence-electron chi connectivity index (χ2n) is 3.64. The van der Waals surface area contributed by atoms with Gasteiger partial charge in [0, 0.05) is 26.8 Å². The molecule has 0 aromatic heterocycles. The van der Waals surface area contributed by atoms with Gasteiger partial charge in [-0.25, -0.2) is 0 Å². The van der Waals surface area contributed by atoms with E-state index in [-0.39, 0.29) is 18.4 Å². The molecule has 3 N–H and O–H groups in total. The summed E-state index contributed by atoms with van der Waals surface area (Å²) in [4.78, 5) is 20.9. The van der Waals surface area contributed by atoms with Crippen LogP contribution in [-0.2, 0) is 14.3 Å². The molecular formula is C15H30N2O4. The van der Waals surface area contributed by atoms with Crippen LogP contribution in [0.3, 0.4) is 0 Å². The number of rotatable bonds is 8. The second-order valence-corrected chi connectivity index (χ2v) is 3.64. The lowest BCUT2D eigenvalue weighted by Gasteiger charge is -2.02. The van der Waals surface area contributed by atoms with E-state index in [9.17, 15) is 9.59 Å². The molecule has 124 valence electrons. The van der Waals surface area contributed by atoms with Crippen LogP contribution in [0, 0.1) is 0 Å². The first-order valence-corrected chi connectivity index (χ1v) is 6.95. The van der Waals surface area contributed by atoms with Crippen LogP contribution in [0.5, 0.6) is 0 Å². The zero-order valence-electron chi connectivity index (χ0n) is 13.6. The van der Waals surface area contributed by atoms with Crippen molar-refractivity contribution in [1.29, 1.82) is 0 Å². The number of amides is 2. The SMILES string of the molecule is C=CC(=O)NCC(C)O.C=CC(=O)NCCCOC.CC. The highest BCUT2D eigenvalue weighted by Gasteiger charge is 1.95. The summed E-state index contributed by atoms with van der Waals surface area (Å²) >= 11 is 0. The number of hydrogen-bond acceptors (Lipinski definition) is 4. The van der Waals surface area contributed by atoms with Crippen molar-refractivity contribution in [2.45, 2.75) is 33.3 Å². The van der Waals surface area contributed by atoms with Crippen molar-refractivity contribution in [2.24, 2.45) is 0 Å². The van der Waals surface area contributed by atoms with E-state index in [1.54, 1.807) is 14.0 Å². The van der Waals surface area contributed by atoms with E-state index in [0.29, 0.717) is 13.2 Å². The van der Waals surface area contributed by atoms with Crippen molar-refractivity contribution >= 4 is 11.8 Å². The van der Waals surface area contributed by atoms with Crippen LogP contribution in [0.2, 0.25) is 0 Å². The standard InChI is InChI=1S/C7H13NO2.C6H11NO2.C2H6/c1-3-7(9)8-5-4-6-10-2;1-3-6(9)7-4-5(2)8;1-2/h3H,1,4-6H2,2H3,(H,8,9);3,5,8H,1,4H2,2H3,(H,7,9);1-2H3. The minimum Gasteiger partial charge on any atom is -0.392 e. The maximum absolute atomic E-state index is 10.5. The van der Waals surface area contributed by atoms with Crippen LogP contribution in [0.1, 0.15) is 27.2 Å². The van der Waals surface area contributed by atoms with Gasteiger partial charge in [-0.05, 0) is 25.5 Å². The number of methoxy groups -OCH3 is 1. The van der Waals surface area contributed by atoms with Crippen LogP contribution in [-0.4, -0.2) is 49.8 Å². The Hall–Kier alpha value is -1.66. The largest absolute Gasteiger partial charge is 0.392 e. The number of carbonyl (C=O) groups excluding carboxylic acids is 2. The lowest BCUT2D eigenvalue weighted by atomic mass is 10.4. The first-order valence-electron chi connectivity index (χ1n) is 6.95. The molecule has 0 heterocycles. The van der Waals surface area contributed by atoms with Crippen molar-refractivity contribution in [3.63, 3.8) is 0 Å². The molecular weight excluding hydrogens is 272 g/mol. The Bertz CT molecular complexity index is 279. The summed E-state index contributed by atoms with van der Waals surface area (Å²) in [5, 5.41) is 13.7. The molecule has 0 aromatic rings. The average Bonchev–Trinajstić information content (AvgIpc) is 2.51. The normalized spacial score (nSPS) is 9.76. The molecule has 0 aliphatic rings. The summed E-state index contributed by atoms with van der Waals surface area (Å²) in [5.41, 5.74) is 0. The summed E-state index contributed by atoms with van der Waals surface area (Å²) in [6.07, 6.45) is 2.78. The van der Waals surface area contributed by atoms with Crippen LogP contribution >= 0.6 is 0 Å². The van der Waals surface area contributed by atoms with Crippen molar-refractivity contribution in [3.05, 3.63) is 25.3 Å². The lowest BCUT2D eigenvalue weighted by Crippen LogP contribution is -2.28. The first-order chi connectivity index (χ1) is 9.97. The molecule has 0 fully saturated rings. The van der Waals surface area contributed by atoms with Crippen molar-refractivity contribution in [2.75, 3.05) is 26.8 Å². The van der Waals surface area contributed by atoms with E-state index in [2.05, 4.69) is 23.8 Å². The quantitative estimate of drug-likeness (QED) is 0.461. The third-order valence-corrected chi connectivity index (χ3v) is 1.77. The average molecular weight is 302 g/mol. The van der Waals surface area contributed by atoms with Crippen LogP contribution < -0.4 is 10.6 Å². The summed E-state index contributed by atoms with van der Waals surface area (Å²) in [6.45, 7) is 13.8. The summed E-state index contributed by atoms with van der Waals surface area (Å²) in [7, 11) is 1.63. The molecule has 0 aliphatic heterocycles. The second kappa shape index (κ2) is 20.7. The molecule has 2 amide bonds. The van der Waals surface area contributed by atoms with Crippen molar-refractivity contribution in [1.82, 2.24) is 10.6 Å². The van der Waals surface area contributed by atoms with Crippen molar-refractivity contribution < 1.29 is 19.4 Å². The molecule has 1 unspecified atom stereocenters. The van der Waals surface area contributed by atoms with E-state index in [0.717, 1.165) is 6.42 Å². The topological polar surface area (TPSA) is 87.7 Å². The van der Waals surface area contributed by atoms with Gasteiger partial charge in [-0.2, -0.15) is 0 Å². The summed E-state index contributed by atoms with van der Waals surface area (Å²) < 4.78 is 4.78. The highest BCUT2D eigenvalue weighted by Crippen LogP contribution is 1.77. The Morgan fingerprint density at radius 2 is 1.67 bits per heavy atom. The third-order valence-electron chi connectivity index (χ3n) is 1.77. The van der Waals surface area contributed by atoms with Gasteiger partial charge in [0.05, 0.1) is 6.10 Å². The van der Waals surface area contributed by atoms with Gasteiger partial charge in [0.2, 0.25) is 11.8 Å². The maximum Gasteiger partial charge on any atom is 0.243 e. The Morgan fingerprint density at radius 3 is 2.05 bits per heavy atom. The molecule has 0 spiro atoms. The fourth-order valence-electron chi connectivity index (χ4n) is 0.821. The number of hydrogen-bond donors (Lipinski definition) is 3. The number of ether oxygens (including phenoxy) is 1. The summed E-state index contributed by atoms with van der Waals surface area (Å²) in [5.74, 6) is -0.382. The van der Waals surface area contributed by atoms with Gasteiger partial charge in [-0.1, -0.05) is 27.0 Å². The van der Waals surface area contributed by atoms with Crippen LogP contribution in [0.15, 0.2) is 25.3 Å². The van der Waals surface area contributed by atoms with Crippen LogP contribution in [0.4, 0.5) is 0 Å². The highest BCUT2D eigenvalue weighted by molar-refractivity contribution is 5.87. The molecule has 6 heteroatoms. The number of nitrogens with one attached hydrogen (secondary N) is 2. The monoisotopic (exact) mass is 302 g/mol. The van der Waals surface area contributed by atoms with E-state index >= 15 is 0 Å². The van der Waals surface area contributed by atoms with Gasteiger partial charge in [0.1, 0.15) is 0 Å². The molecule has 0 aliphatic carbocycles. The third kappa shape index (κ3) is 27.5. The molecule has 21 heavy (non-hydrogen) atoms. The Kier molecular flexibility index (Phi) is 24.0. The lowest BCUT2D eigenvalue weighted by molar-refractivity contribution is -0.117. The molecule has 1 atom stereocenters. The van der Waals surface area contributed by atoms with Gasteiger partial charge in [0.25, 0.3) is 0 Å². The zero-order chi connectivity index (χ0) is 17.1. The first kappa shape index (κ1) is 24.4. The van der Waals surface area contributed by atoms with Crippen LogP contribution in [0.25, 0.3) is 0 Å². The van der Waals surface area contributed by atoms with Crippen molar-refractivity contribution in [3.8, 4) is 0 Å². The predicted molar refractivity (Wildman–Crippen MR) is 85.9 cm³/mol. The molecule has 0 rings (SSSR count). The molecule has 0 saturated heterocycles. The Morgan fingerprint density at radius 1 is 1.19 bits per heavy atom. The minimum absolute atomic E-state index is 0.129. The number of carbonyl (C=O) groups is 2. The molecule has 0 saturated carbocycles. The fourth-order valence-corrected chi connectivity index (χ4v) is 0.821. The number of aliphatic hydroxyl groups is 1. The maximum atomic E-state index is 10.5. The molecule has 0 radical (unpaired) electrons. The minimum atomic E-state index is -0.492. The highest BCUT2D eigenvalue weighted by atomic mass is 16.5. The van der Waals surface area contributed by atoms with Gasteiger partial charge in [-0.3, -0.25) is 9.59 Å². The zero-order valence-corrected chi connectivity index (χ0v) is 13.6. The molecule has 0 bridgehead atoms. The number of aliphatic hydroxyl groups excluding tert-OH is 1. The summed E-state index contributed by atoms with van der Waals surface area (Å²) in [6, 6.07) is 0. The van der Waals surface area contributed by atoms with Gasteiger partial charge >= 0.3 is 0 Å². The van der Waals surface area contributed by atoms with E-state index in [1.807, 2.05) is 13.8 Å². The van der Waals surface area contributed by atoms with Gasteiger partial charge < -0.3 is 20.5 Å². The smallest absolute Gasteiger partial charge is 0.243 e. The van der Waals surface area contributed by atoms with E-state index < -0.39 is 6.10 Å². The fraction of sp³-hybridized carbons (Fsp3) is 0.600.